The van der Waals surface area contributed by atoms with Gasteiger partial charge < -0.3 is 13.9 Å². The molecule has 0 saturated carbocycles. The Morgan fingerprint density at radius 3 is 2.42 bits per heavy atom. The predicted molar refractivity (Wildman–Crippen MR) is 91.4 cm³/mol. The van der Waals surface area contributed by atoms with E-state index < -0.39 is 30.0 Å². The molecule has 138 valence electrons. The minimum atomic E-state index is -1.33. The highest BCUT2D eigenvalue weighted by molar-refractivity contribution is 6.30. The molecular weight excluding hydrogens is 364 g/mol. The van der Waals surface area contributed by atoms with Gasteiger partial charge in [-0.25, -0.2) is 4.79 Å². The maximum atomic E-state index is 12.1. The van der Waals surface area contributed by atoms with E-state index in [1.807, 2.05) is 0 Å². The molecule has 1 heterocycles. The van der Waals surface area contributed by atoms with Gasteiger partial charge in [0, 0.05) is 5.02 Å². The molecule has 2 aromatic rings. The summed E-state index contributed by atoms with van der Waals surface area (Å²) in [4.78, 5) is 35.3. The first kappa shape index (κ1) is 19.3. The summed E-state index contributed by atoms with van der Waals surface area (Å²) in [6, 6.07) is 9.41. The van der Waals surface area contributed by atoms with Gasteiger partial charge in [-0.2, -0.15) is 0 Å². The zero-order valence-corrected chi connectivity index (χ0v) is 14.8. The Morgan fingerprint density at radius 2 is 1.81 bits per heavy atom. The van der Waals surface area contributed by atoms with Crippen molar-refractivity contribution in [1.82, 2.24) is 10.9 Å². The Bertz CT molecular complexity index is 771. The molecule has 0 aliphatic carbocycles. The molecule has 26 heavy (non-hydrogen) atoms. The maximum Gasteiger partial charge on any atom is 0.350 e. The van der Waals surface area contributed by atoms with Gasteiger partial charge in [0.2, 0.25) is 0 Å². The van der Waals surface area contributed by atoms with Gasteiger partial charge >= 0.3 is 11.9 Å². The second kappa shape index (κ2) is 8.39. The van der Waals surface area contributed by atoms with Crippen LogP contribution in [0, 0.1) is 0 Å². The molecule has 2 rings (SSSR count). The van der Waals surface area contributed by atoms with Crippen molar-refractivity contribution in [3.8, 4) is 5.75 Å². The molecule has 0 bridgehead atoms. The maximum absolute atomic E-state index is 12.1. The van der Waals surface area contributed by atoms with Crippen molar-refractivity contribution in [2.75, 3.05) is 6.61 Å². The first-order chi connectivity index (χ1) is 12.3. The average molecular weight is 381 g/mol. The first-order valence-electron chi connectivity index (χ1n) is 7.52. The molecule has 0 saturated heterocycles. The summed E-state index contributed by atoms with van der Waals surface area (Å²) in [6.45, 7) is 2.41. The molecule has 9 heteroatoms. The van der Waals surface area contributed by atoms with Gasteiger partial charge in [0.1, 0.15) is 5.75 Å². The van der Waals surface area contributed by atoms with Gasteiger partial charge in [-0.15, -0.1) is 0 Å². The number of amides is 2. The Balaban J connectivity index is 1.78. The molecule has 0 unspecified atom stereocenters. The van der Waals surface area contributed by atoms with Crippen LogP contribution in [-0.4, -0.2) is 30.0 Å². The van der Waals surface area contributed by atoms with Crippen molar-refractivity contribution in [2.24, 2.45) is 0 Å². The van der Waals surface area contributed by atoms with Crippen LogP contribution < -0.4 is 15.6 Å². The van der Waals surface area contributed by atoms with Crippen LogP contribution >= 0.6 is 11.6 Å². The zero-order chi connectivity index (χ0) is 19.2. The molecule has 2 amide bonds. The van der Waals surface area contributed by atoms with Crippen LogP contribution in [0.15, 0.2) is 47.1 Å². The average Bonchev–Trinajstić information content (AvgIpc) is 3.14. The summed E-state index contributed by atoms with van der Waals surface area (Å²) in [6.07, 6.45) is 1.32. The highest BCUT2D eigenvalue weighted by Crippen LogP contribution is 2.21. The Morgan fingerprint density at radius 1 is 1.12 bits per heavy atom. The number of esters is 1. The van der Waals surface area contributed by atoms with Crippen molar-refractivity contribution in [1.29, 1.82) is 0 Å². The highest BCUT2D eigenvalue weighted by Gasteiger charge is 2.32. The lowest BCUT2D eigenvalue weighted by Crippen LogP contribution is -2.45. The zero-order valence-electron chi connectivity index (χ0n) is 14.1. The molecule has 2 N–H and O–H groups in total. The van der Waals surface area contributed by atoms with Crippen LogP contribution in [0.25, 0.3) is 0 Å². The van der Waals surface area contributed by atoms with Gasteiger partial charge in [-0.1, -0.05) is 11.6 Å². The third kappa shape index (κ3) is 5.52. The normalized spacial score (nSPS) is 10.7. The van der Waals surface area contributed by atoms with E-state index >= 15 is 0 Å². The quantitative estimate of drug-likeness (QED) is 0.587. The number of furan rings is 1. The number of ether oxygens (including phenoxy) is 2. The summed E-state index contributed by atoms with van der Waals surface area (Å²) >= 11 is 5.79. The number of carbonyl (C=O) groups excluding carboxylic acids is 3. The third-order valence-corrected chi connectivity index (χ3v) is 3.32. The number of hydrazine groups is 1. The van der Waals surface area contributed by atoms with Crippen LogP contribution in [0.2, 0.25) is 5.02 Å². The summed E-state index contributed by atoms with van der Waals surface area (Å²) < 4.78 is 15.3. The molecule has 0 radical (unpaired) electrons. The number of hydrogen-bond acceptors (Lipinski definition) is 6. The van der Waals surface area contributed by atoms with E-state index in [1.165, 1.54) is 32.2 Å². The fourth-order valence-electron chi connectivity index (χ4n) is 1.78. The fourth-order valence-corrected chi connectivity index (χ4v) is 1.90. The Hall–Kier alpha value is -3.00. The topological polar surface area (TPSA) is 107 Å². The number of halogens is 1. The SMILES string of the molecule is CC(C)(Oc1ccc(Cl)cc1)C(=O)OCC(=O)NNC(=O)c1ccco1. The molecule has 0 atom stereocenters. The Labute approximate surface area is 154 Å². The predicted octanol–water partition coefficient (Wildman–Crippen LogP) is 2.09. The second-order valence-electron chi connectivity index (χ2n) is 5.62. The van der Waals surface area contributed by atoms with E-state index in [0.29, 0.717) is 10.8 Å². The van der Waals surface area contributed by atoms with Gasteiger partial charge in [0.05, 0.1) is 6.26 Å². The second-order valence-corrected chi connectivity index (χ2v) is 6.06. The molecular formula is C17H17ClN2O6. The van der Waals surface area contributed by atoms with Crippen LogP contribution in [0.4, 0.5) is 0 Å². The van der Waals surface area contributed by atoms with E-state index in [2.05, 4.69) is 10.9 Å². The van der Waals surface area contributed by atoms with Crippen LogP contribution in [0.1, 0.15) is 24.4 Å². The summed E-state index contributed by atoms with van der Waals surface area (Å²) in [5.74, 6) is -1.66. The number of nitrogens with one attached hydrogen (secondary N) is 2. The first-order valence-corrected chi connectivity index (χ1v) is 7.90. The lowest BCUT2D eigenvalue weighted by atomic mass is 10.1. The number of carbonyl (C=O) groups is 3. The number of hydrogen-bond donors (Lipinski definition) is 2. The fraction of sp³-hybridized carbons (Fsp3) is 0.235. The number of benzene rings is 1. The molecule has 8 nitrogen and oxygen atoms in total. The van der Waals surface area contributed by atoms with E-state index in [1.54, 1.807) is 24.3 Å². The van der Waals surface area contributed by atoms with E-state index in [-0.39, 0.29) is 5.76 Å². The molecule has 0 aliphatic heterocycles. The highest BCUT2D eigenvalue weighted by atomic mass is 35.5. The van der Waals surface area contributed by atoms with Crippen LogP contribution in [-0.2, 0) is 14.3 Å². The minimum Gasteiger partial charge on any atom is -0.476 e. The van der Waals surface area contributed by atoms with E-state index in [9.17, 15) is 14.4 Å². The summed E-state index contributed by atoms with van der Waals surface area (Å²) in [5, 5.41) is 0.533. The lowest BCUT2D eigenvalue weighted by Gasteiger charge is -2.24. The van der Waals surface area contributed by atoms with E-state index in [4.69, 9.17) is 25.5 Å². The largest absolute Gasteiger partial charge is 0.476 e. The van der Waals surface area contributed by atoms with Gasteiger partial charge in [-0.3, -0.25) is 20.4 Å². The standard InChI is InChI=1S/C17H17ClN2O6/c1-17(2,26-12-7-5-11(18)6-8-12)16(23)25-10-14(21)19-20-15(22)13-4-3-9-24-13/h3-9H,10H2,1-2H3,(H,19,21)(H,20,22). The van der Waals surface area contributed by atoms with Crippen molar-refractivity contribution in [2.45, 2.75) is 19.4 Å². The van der Waals surface area contributed by atoms with Crippen molar-refractivity contribution in [3.05, 3.63) is 53.4 Å². The molecule has 0 spiro atoms. The third-order valence-electron chi connectivity index (χ3n) is 3.07. The summed E-state index contributed by atoms with van der Waals surface area (Å²) in [7, 11) is 0. The van der Waals surface area contributed by atoms with Crippen LogP contribution in [0.3, 0.4) is 0 Å². The smallest absolute Gasteiger partial charge is 0.350 e. The van der Waals surface area contributed by atoms with Crippen molar-refractivity contribution in [3.63, 3.8) is 0 Å². The van der Waals surface area contributed by atoms with Crippen LogP contribution in [0.5, 0.6) is 5.75 Å². The lowest BCUT2D eigenvalue weighted by molar-refractivity contribution is -0.162. The van der Waals surface area contributed by atoms with Gasteiger partial charge in [0.15, 0.2) is 18.0 Å². The molecule has 0 aliphatic rings. The van der Waals surface area contributed by atoms with Gasteiger partial charge in [-0.05, 0) is 50.2 Å². The molecule has 0 fully saturated rings. The van der Waals surface area contributed by atoms with E-state index in [0.717, 1.165) is 0 Å². The summed E-state index contributed by atoms with van der Waals surface area (Å²) in [5.41, 5.74) is 2.90. The number of rotatable bonds is 6. The van der Waals surface area contributed by atoms with Crippen molar-refractivity contribution < 1.29 is 28.3 Å². The van der Waals surface area contributed by atoms with Gasteiger partial charge in [0.25, 0.3) is 5.91 Å². The van der Waals surface area contributed by atoms with Crippen molar-refractivity contribution >= 4 is 29.4 Å². The minimum absolute atomic E-state index is 0.0276. The molecule has 1 aromatic heterocycles. The monoisotopic (exact) mass is 380 g/mol. The Kier molecular flexibility index (Phi) is 6.24. The molecule has 1 aromatic carbocycles.